The zero-order valence-corrected chi connectivity index (χ0v) is 11.7. The second-order valence-electron chi connectivity index (χ2n) is 4.07. The summed E-state index contributed by atoms with van der Waals surface area (Å²) in [6, 6.07) is 3.97. The molecule has 0 N–H and O–H groups in total. The number of carbonyl (C=O) groups is 1. The first-order valence-electron chi connectivity index (χ1n) is 6.25. The van der Waals surface area contributed by atoms with Gasteiger partial charge in [-0.3, -0.25) is 9.78 Å². The van der Waals surface area contributed by atoms with Crippen molar-refractivity contribution in [3.05, 3.63) is 46.2 Å². The van der Waals surface area contributed by atoms with E-state index in [1.54, 1.807) is 23.7 Å². The zero-order chi connectivity index (χ0) is 13.5. The second kappa shape index (κ2) is 6.99. The molecule has 0 aromatic carbocycles. The quantitative estimate of drug-likeness (QED) is 0.761. The second-order valence-corrected chi connectivity index (χ2v) is 5.01. The van der Waals surface area contributed by atoms with Gasteiger partial charge in [0.2, 0.25) is 0 Å². The molecule has 2 aromatic rings. The predicted molar refractivity (Wildman–Crippen MR) is 74.1 cm³/mol. The van der Waals surface area contributed by atoms with E-state index in [2.05, 4.69) is 9.97 Å². The first-order chi connectivity index (χ1) is 9.28. The molecule has 100 valence electrons. The van der Waals surface area contributed by atoms with Gasteiger partial charge in [-0.15, -0.1) is 11.3 Å². The minimum absolute atomic E-state index is 0.161. The Hall–Kier alpha value is -1.75. The highest BCUT2D eigenvalue weighted by molar-refractivity contribution is 7.09. The Bertz CT molecular complexity index is 525. The van der Waals surface area contributed by atoms with Crippen molar-refractivity contribution in [3.63, 3.8) is 0 Å². The summed E-state index contributed by atoms with van der Waals surface area (Å²) in [4.78, 5) is 19.8. The molecule has 0 bridgehead atoms. The molecular formula is C14H16N2O2S. The van der Waals surface area contributed by atoms with Crippen molar-refractivity contribution in [3.8, 4) is 0 Å². The largest absolute Gasteiger partial charge is 0.466 e. The van der Waals surface area contributed by atoms with E-state index in [0.717, 1.165) is 17.1 Å². The van der Waals surface area contributed by atoms with E-state index in [-0.39, 0.29) is 5.97 Å². The van der Waals surface area contributed by atoms with Crippen LogP contribution in [-0.4, -0.2) is 22.5 Å². The molecule has 0 spiro atoms. The Morgan fingerprint density at radius 3 is 2.89 bits per heavy atom. The van der Waals surface area contributed by atoms with E-state index in [0.29, 0.717) is 19.4 Å². The molecule has 5 heteroatoms. The molecule has 0 fully saturated rings. The maximum atomic E-state index is 11.3. The summed E-state index contributed by atoms with van der Waals surface area (Å²) in [6.07, 6.45) is 5.42. The molecule has 0 saturated carbocycles. The molecule has 0 saturated heterocycles. The lowest BCUT2D eigenvalue weighted by Gasteiger charge is -1.99. The predicted octanol–water partition coefficient (Wildman–Crippen LogP) is 2.62. The highest BCUT2D eigenvalue weighted by atomic mass is 32.1. The maximum absolute atomic E-state index is 11.3. The smallest absolute Gasteiger partial charge is 0.306 e. The summed E-state index contributed by atoms with van der Waals surface area (Å²) >= 11 is 1.63. The molecule has 0 unspecified atom stereocenters. The van der Waals surface area contributed by atoms with Crippen LogP contribution in [0, 0.1) is 0 Å². The number of hydrogen-bond acceptors (Lipinski definition) is 5. The van der Waals surface area contributed by atoms with E-state index >= 15 is 0 Å². The van der Waals surface area contributed by atoms with Crippen LogP contribution in [0.5, 0.6) is 0 Å². The Morgan fingerprint density at radius 2 is 2.16 bits per heavy atom. The van der Waals surface area contributed by atoms with Crippen LogP contribution in [0.3, 0.4) is 0 Å². The van der Waals surface area contributed by atoms with Gasteiger partial charge in [-0.1, -0.05) is 0 Å². The summed E-state index contributed by atoms with van der Waals surface area (Å²) in [5.74, 6) is -0.161. The first kappa shape index (κ1) is 13.7. The molecule has 0 radical (unpaired) electrons. The average molecular weight is 276 g/mol. The fourth-order valence-electron chi connectivity index (χ4n) is 1.68. The van der Waals surface area contributed by atoms with Crippen LogP contribution >= 0.6 is 11.3 Å². The third kappa shape index (κ3) is 4.44. The third-order valence-corrected chi connectivity index (χ3v) is 3.49. The van der Waals surface area contributed by atoms with Gasteiger partial charge in [-0.05, 0) is 24.6 Å². The van der Waals surface area contributed by atoms with Gasteiger partial charge in [-0.25, -0.2) is 4.98 Å². The molecule has 19 heavy (non-hydrogen) atoms. The number of thiazole rings is 1. The minimum Gasteiger partial charge on any atom is -0.466 e. The highest BCUT2D eigenvalue weighted by Gasteiger charge is 2.07. The maximum Gasteiger partial charge on any atom is 0.306 e. The Morgan fingerprint density at radius 1 is 1.37 bits per heavy atom. The topological polar surface area (TPSA) is 52.1 Å². The van der Waals surface area contributed by atoms with Gasteiger partial charge in [-0.2, -0.15) is 0 Å². The van der Waals surface area contributed by atoms with Crippen LogP contribution in [-0.2, 0) is 22.4 Å². The van der Waals surface area contributed by atoms with Crippen molar-refractivity contribution >= 4 is 17.3 Å². The lowest BCUT2D eigenvalue weighted by molar-refractivity contribution is -0.143. The van der Waals surface area contributed by atoms with Gasteiger partial charge in [0.05, 0.1) is 23.7 Å². The van der Waals surface area contributed by atoms with Gasteiger partial charge in [0.1, 0.15) is 0 Å². The normalized spacial score (nSPS) is 10.4. The van der Waals surface area contributed by atoms with Crippen molar-refractivity contribution in [1.29, 1.82) is 0 Å². The lowest BCUT2D eigenvalue weighted by Crippen LogP contribution is -2.05. The van der Waals surface area contributed by atoms with Crippen LogP contribution in [0.2, 0.25) is 0 Å². The average Bonchev–Trinajstić information content (AvgIpc) is 2.86. The van der Waals surface area contributed by atoms with Crippen LogP contribution in [0.4, 0.5) is 0 Å². The molecule has 0 amide bonds. The van der Waals surface area contributed by atoms with Crippen LogP contribution < -0.4 is 0 Å². The molecule has 0 aliphatic heterocycles. The summed E-state index contributed by atoms with van der Waals surface area (Å²) in [6.45, 7) is 2.25. The number of rotatable bonds is 6. The monoisotopic (exact) mass is 276 g/mol. The Kier molecular flexibility index (Phi) is 5.03. The fourth-order valence-corrected chi connectivity index (χ4v) is 2.55. The van der Waals surface area contributed by atoms with Gasteiger partial charge >= 0.3 is 5.97 Å². The van der Waals surface area contributed by atoms with E-state index in [1.807, 2.05) is 24.4 Å². The number of aryl methyl sites for hydroxylation is 1. The number of hydrogen-bond donors (Lipinski definition) is 0. The molecule has 0 atom stereocenters. The molecule has 2 rings (SSSR count). The van der Waals surface area contributed by atoms with Crippen molar-refractivity contribution in [2.45, 2.75) is 26.2 Å². The Labute approximate surface area is 116 Å². The highest BCUT2D eigenvalue weighted by Crippen LogP contribution is 2.15. The van der Waals surface area contributed by atoms with Crippen LogP contribution in [0.1, 0.15) is 29.6 Å². The number of esters is 1. The van der Waals surface area contributed by atoms with Gasteiger partial charge < -0.3 is 4.74 Å². The summed E-state index contributed by atoms with van der Waals surface area (Å²) < 4.78 is 4.90. The van der Waals surface area contributed by atoms with E-state index < -0.39 is 0 Å². The summed E-state index contributed by atoms with van der Waals surface area (Å²) in [7, 11) is 0. The Balaban J connectivity index is 1.87. The van der Waals surface area contributed by atoms with Gasteiger partial charge in [0.15, 0.2) is 0 Å². The van der Waals surface area contributed by atoms with E-state index in [9.17, 15) is 4.79 Å². The number of nitrogens with zero attached hydrogens (tertiary/aromatic N) is 2. The van der Waals surface area contributed by atoms with E-state index in [1.165, 1.54) is 5.56 Å². The molecule has 0 aliphatic rings. The molecule has 2 aromatic heterocycles. The number of carbonyl (C=O) groups excluding carboxylic acids is 1. The molecule has 4 nitrogen and oxygen atoms in total. The lowest BCUT2D eigenvalue weighted by atomic mass is 10.2. The SMILES string of the molecule is CCOC(=O)CCc1csc(Cc2ccncc2)n1. The van der Waals surface area contributed by atoms with Gasteiger partial charge in [0, 0.05) is 30.6 Å². The van der Waals surface area contributed by atoms with Crippen molar-refractivity contribution in [2.75, 3.05) is 6.61 Å². The van der Waals surface area contributed by atoms with E-state index in [4.69, 9.17) is 4.74 Å². The molecule has 0 aliphatic carbocycles. The van der Waals surface area contributed by atoms with Crippen LogP contribution in [0.15, 0.2) is 29.9 Å². The fraction of sp³-hybridized carbons (Fsp3) is 0.357. The van der Waals surface area contributed by atoms with Crippen molar-refractivity contribution < 1.29 is 9.53 Å². The summed E-state index contributed by atoms with van der Waals surface area (Å²) in [5.41, 5.74) is 2.16. The van der Waals surface area contributed by atoms with Crippen molar-refractivity contribution in [1.82, 2.24) is 9.97 Å². The van der Waals surface area contributed by atoms with Crippen molar-refractivity contribution in [2.24, 2.45) is 0 Å². The molecular weight excluding hydrogens is 260 g/mol. The molecule has 2 heterocycles. The van der Waals surface area contributed by atoms with Crippen LogP contribution in [0.25, 0.3) is 0 Å². The number of pyridine rings is 1. The zero-order valence-electron chi connectivity index (χ0n) is 10.8. The standard InChI is InChI=1S/C14H16N2O2S/c1-2-18-14(17)4-3-12-10-19-13(16-12)9-11-5-7-15-8-6-11/h5-8,10H,2-4,9H2,1H3. The first-order valence-corrected chi connectivity index (χ1v) is 7.13. The summed E-state index contributed by atoms with van der Waals surface area (Å²) in [5, 5.41) is 3.07. The number of aromatic nitrogens is 2. The number of ether oxygens (including phenoxy) is 1. The minimum atomic E-state index is -0.161. The third-order valence-electron chi connectivity index (χ3n) is 2.59. The van der Waals surface area contributed by atoms with Gasteiger partial charge in [0.25, 0.3) is 0 Å².